The quantitative estimate of drug-likeness (QED) is 0.508. The molecule has 0 bridgehead atoms. The summed E-state index contributed by atoms with van der Waals surface area (Å²) in [4.78, 5) is 30.0. The van der Waals surface area contributed by atoms with E-state index in [0.717, 1.165) is 25.9 Å². The summed E-state index contributed by atoms with van der Waals surface area (Å²) in [5.41, 5.74) is 1.68. The fourth-order valence-corrected chi connectivity index (χ4v) is 3.32. The van der Waals surface area contributed by atoms with E-state index in [1.807, 2.05) is 31.4 Å². The average Bonchev–Trinajstić information content (AvgIpc) is 2.48. The molecule has 0 aliphatic heterocycles. The van der Waals surface area contributed by atoms with Crippen LogP contribution in [0.15, 0.2) is 32.7 Å². The molecular weight excluding hydrogens is 286 g/mol. The average molecular weight is 301 g/mol. The first kappa shape index (κ1) is 13.9. The lowest BCUT2D eigenvalue weighted by molar-refractivity contribution is 0.707. The van der Waals surface area contributed by atoms with Crippen molar-refractivity contribution < 1.29 is 0 Å². The highest BCUT2D eigenvalue weighted by molar-refractivity contribution is 7.99. The number of hydrogen-bond acceptors (Lipinski definition) is 4. The van der Waals surface area contributed by atoms with Crippen LogP contribution in [0.4, 0.5) is 0 Å². The molecule has 3 rings (SSSR count). The molecule has 2 heterocycles. The van der Waals surface area contributed by atoms with Gasteiger partial charge in [-0.2, -0.15) is 0 Å². The predicted octanol–water partition coefficient (Wildman–Crippen LogP) is 1.82. The van der Waals surface area contributed by atoms with Gasteiger partial charge >= 0.3 is 5.69 Å². The van der Waals surface area contributed by atoms with Crippen LogP contribution in [0, 0.1) is 6.92 Å². The van der Waals surface area contributed by atoms with Crippen molar-refractivity contribution in [2.75, 3.05) is 6.26 Å². The van der Waals surface area contributed by atoms with E-state index in [2.05, 4.69) is 4.98 Å². The van der Waals surface area contributed by atoms with Crippen molar-refractivity contribution in [3.8, 4) is 0 Å². The molecule has 5 nitrogen and oxygen atoms in total. The molecule has 0 amide bonds. The fraction of sp³-hybridized carbons (Fsp3) is 0.267. The van der Waals surface area contributed by atoms with Gasteiger partial charge in [-0.3, -0.25) is 13.9 Å². The van der Waals surface area contributed by atoms with Crippen LogP contribution in [0.1, 0.15) is 5.56 Å². The van der Waals surface area contributed by atoms with Gasteiger partial charge in [0.1, 0.15) is 0 Å². The van der Waals surface area contributed by atoms with Crippen molar-refractivity contribution in [2.45, 2.75) is 11.8 Å². The predicted molar refractivity (Wildman–Crippen MR) is 86.2 cm³/mol. The Balaban J connectivity index is 2.72. The minimum Gasteiger partial charge on any atom is -0.280 e. The first-order chi connectivity index (χ1) is 9.95. The first-order valence-corrected chi connectivity index (χ1v) is 7.72. The summed E-state index contributed by atoms with van der Waals surface area (Å²) in [5, 5.41) is 1.45. The monoisotopic (exact) mass is 301 g/mol. The van der Waals surface area contributed by atoms with Crippen molar-refractivity contribution in [1.82, 2.24) is 14.1 Å². The Kier molecular flexibility index (Phi) is 3.13. The van der Waals surface area contributed by atoms with E-state index in [1.54, 1.807) is 7.05 Å². The normalized spacial score (nSPS) is 11.4. The van der Waals surface area contributed by atoms with Gasteiger partial charge in [0, 0.05) is 24.4 Å². The first-order valence-electron chi connectivity index (χ1n) is 6.49. The van der Waals surface area contributed by atoms with Crippen molar-refractivity contribution in [3.05, 3.63) is 44.6 Å². The lowest BCUT2D eigenvalue weighted by atomic mass is 10.1. The number of fused-ring (bicyclic) bond motifs is 2. The number of nitrogens with zero attached hydrogens (tertiary/aromatic N) is 3. The number of rotatable bonds is 1. The zero-order valence-corrected chi connectivity index (χ0v) is 13.1. The molecule has 0 saturated heterocycles. The second-order valence-corrected chi connectivity index (χ2v) is 5.89. The topological polar surface area (TPSA) is 56.9 Å². The SMILES string of the molecule is CSc1c2cc(C)ccc2nc2c1c(=O)n(C)c(=O)n2C. The highest BCUT2D eigenvalue weighted by Gasteiger charge is 2.16. The fourth-order valence-electron chi connectivity index (χ4n) is 2.55. The molecule has 1 aromatic carbocycles. The lowest BCUT2D eigenvalue weighted by Gasteiger charge is -2.12. The van der Waals surface area contributed by atoms with Crippen molar-refractivity contribution in [2.24, 2.45) is 14.1 Å². The molecule has 3 aromatic rings. The van der Waals surface area contributed by atoms with Crippen molar-refractivity contribution >= 4 is 33.7 Å². The van der Waals surface area contributed by atoms with Crippen LogP contribution < -0.4 is 11.2 Å². The van der Waals surface area contributed by atoms with Crippen molar-refractivity contribution in [3.63, 3.8) is 0 Å². The summed E-state index contributed by atoms with van der Waals surface area (Å²) in [7, 11) is 3.13. The highest BCUT2D eigenvalue weighted by Crippen LogP contribution is 2.30. The zero-order chi connectivity index (χ0) is 15.3. The van der Waals surface area contributed by atoms with Crippen LogP contribution in [-0.4, -0.2) is 20.4 Å². The number of pyridine rings is 1. The Hall–Kier alpha value is -2.08. The van der Waals surface area contributed by atoms with Crippen LogP contribution in [0.3, 0.4) is 0 Å². The molecule has 0 unspecified atom stereocenters. The molecule has 108 valence electrons. The van der Waals surface area contributed by atoms with Crippen LogP contribution in [0.2, 0.25) is 0 Å². The van der Waals surface area contributed by atoms with Gasteiger partial charge in [-0.1, -0.05) is 11.6 Å². The minimum atomic E-state index is -0.362. The maximum absolute atomic E-state index is 12.5. The molecule has 2 aromatic heterocycles. The zero-order valence-electron chi connectivity index (χ0n) is 12.3. The van der Waals surface area contributed by atoms with E-state index in [0.29, 0.717) is 11.0 Å². The Morgan fingerprint density at radius 2 is 1.86 bits per heavy atom. The van der Waals surface area contributed by atoms with Gasteiger partial charge < -0.3 is 0 Å². The molecule has 0 fully saturated rings. The van der Waals surface area contributed by atoms with E-state index >= 15 is 0 Å². The van der Waals surface area contributed by atoms with Crippen LogP contribution >= 0.6 is 11.8 Å². The smallest absolute Gasteiger partial charge is 0.280 e. The van der Waals surface area contributed by atoms with Gasteiger partial charge in [0.15, 0.2) is 5.65 Å². The third-order valence-corrected chi connectivity index (χ3v) is 4.52. The molecule has 0 spiro atoms. The molecule has 0 aliphatic rings. The van der Waals surface area contributed by atoms with E-state index in [4.69, 9.17) is 0 Å². The third-order valence-electron chi connectivity index (χ3n) is 3.69. The molecule has 0 saturated carbocycles. The summed E-state index contributed by atoms with van der Waals surface area (Å²) in [6.07, 6.45) is 1.93. The summed E-state index contributed by atoms with van der Waals surface area (Å²) in [6, 6.07) is 5.92. The van der Waals surface area contributed by atoms with Gasteiger partial charge in [0.05, 0.1) is 10.9 Å². The van der Waals surface area contributed by atoms with Gasteiger partial charge in [-0.15, -0.1) is 11.8 Å². The molecule has 0 atom stereocenters. The number of hydrogen-bond donors (Lipinski definition) is 0. The van der Waals surface area contributed by atoms with E-state index in [9.17, 15) is 9.59 Å². The molecule has 0 N–H and O–H groups in total. The van der Waals surface area contributed by atoms with E-state index < -0.39 is 0 Å². The summed E-state index contributed by atoms with van der Waals surface area (Å²) in [5.74, 6) is 0. The maximum atomic E-state index is 12.5. The third kappa shape index (κ3) is 1.90. The summed E-state index contributed by atoms with van der Waals surface area (Å²) < 4.78 is 2.56. The Morgan fingerprint density at radius 3 is 2.52 bits per heavy atom. The van der Waals surface area contributed by atoms with Gasteiger partial charge in [-0.25, -0.2) is 9.78 Å². The van der Waals surface area contributed by atoms with E-state index in [1.165, 1.54) is 23.4 Å². The largest absolute Gasteiger partial charge is 0.332 e. The Morgan fingerprint density at radius 1 is 1.14 bits per heavy atom. The molecule has 0 aliphatic carbocycles. The van der Waals surface area contributed by atoms with Gasteiger partial charge in [0.2, 0.25) is 0 Å². The Bertz CT molecular complexity index is 1000. The number of benzene rings is 1. The number of aryl methyl sites for hydroxylation is 2. The summed E-state index contributed by atoms with van der Waals surface area (Å²) >= 11 is 1.51. The molecule has 0 radical (unpaired) electrons. The van der Waals surface area contributed by atoms with Crippen LogP contribution in [0.5, 0.6) is 0 Å². The number of aromatic nitrogens is 3. The second kappa shape index (κ2) is 4.73. The minimum absolute atomic E-state index is 0.298. The number of thioether (sulfide) groups is 1. The summed E-state index contributed by atoms with van der Waals surface area (Å²) in [6.45, 7) is 2.01. The second-order valence-electron chi connectivity index (χ2n) is 5.07. The van der Waals surface area contributed by atoms with Gasteiger partial charge in [0.25, 0.3) is 5.56 Å². The van der Waals surface area contributed by atoms with Crippen molar-refractivity contribution in [1.29, 1.82) is 0 Å². The molecular formula is C15H15N3O2S. The standard InChI is InChI=1S/C15H15N3O2S/c1-8-5-6-10-9(7-8)12(21-4)11-13(16-10)17(2)15(20)18(3)14(11)19/h5-7H,1-4H3. The Labute approximate surface area is 125 Å². The maximum Gasteiger partial charge on any atom is 0.332 e. The van der Waals surface area contributed by atoms with Crippen LogP contribution in [0.25, 0.3) is 21.9 Å². The molecule has 6 heteroatoms. The lowest BCUT2D eigenvalue weighted by Crippen LogP contribution is -2.37. The van der Waals surface area contributed by atoms with Crippen LogP contribution in [-0.2, 0) is 14.1 Å². The van der Waals surface area contributed by atoms with E-state index in [-0.39, 0.29) is 11.2 Å². The molecule has 21 heavy (non-hydrogen) atoms. The van der Waals surface area contributed by atoms with Gasteiger partial charge in [-0.05, 0) is 25.3 Å². The highest BCUT2D eigenvalue weighted by atomic mass is 32.2.